The number of nitriles is 1. The van der Waals surface area contributed by atoms with Crippen molar-refractivity contribution < 1.29 is 18.5 Å². The van der Waals surface area contributed by atoms with Crippen LogP contribution >= 0.6 is 0 Å². The summed E-state index contributed by atoms with van der Waals surface area (Å²) in [6.07, 6.45) is 0.258. The van der Waals surface area contributed by atoms with Crippen molar-refractivity contribution in [1.29, 1.82) is 5.26 Å². The molecular formula is C12H12FNO3S. The molecule has 0 fully saturated rings. The highest BCUT2D eigenvalue weighted by Gasteiger charge is 2.22. The molecule has 0 heterocycles. The van der Waals surface area contributed by atoms with Gasteiger partial charge < -0.3 is 5.11 Å². The van der Waals surface area contributed by atoms with Crippen LogP contribution in [0.4, 0.5) is 4.39 Å². The standard InChI is InChI=1S/C12H12FNO3S/c1-2-11(12(15)16)18(17)7-8-3-4-10(13)9(5-8)6-14/h3-5,11H,2,7H2,1H3,(H,15,16). The number of carboxylic acids is 1. The van der Waals surface area contributed by atoms with Crippen molar-refractivity contribution in [3.63, 3.8) is 0 Å². The Balaban J connectivity index is 2.89. The van der Waals surface area contributed by atoms with Crippen LogP contribution in [0.3, 0.4) is 0 Å². The predicted molar refractivity (Wildman–Crippen MR) is 64.7 cm³/mol. The van der Waals surface area contributed by atoms with Crippen LogP contribution in [0.1, 0.15) is 24.5 Å². The minimum atomic E-state index is -1.59. The molecule has 96 valence electrons. The molecule has 0 saturated heterocycles. The Morgan fingerprint density at radius 1 is 1.61 bits per heavy atom. The number of hydrogen-bond donors (Lipinski definition) is 1. The van der Waals surface area contributed by atoms with Gasteiger partial charge in [-0.15, -0.1) is 0 Å². The molecule has 2 atom stereocenters. The fraction of sp³-hybridized carbons (Fsp3) is 0.333. The highest BCUT2D eigenvalue weighted by molar-refractivity contribution is 7.85. The lowest BCUT2D eigenvalue weighted by Gasteiger charge is -2.09. The van der Waals surface area contributed by atoms with Crippen LogP contribution in [0.25, 0.3) is 0 Å². The maximum atomic E-state index is 13.1. The summed E-state index contributed by atoms with van der Waals surface area (Å²) in [6.45, 7) is 1.64. The molecule has 0 aliphatic carbocycles. The van der Waals surface area contributed by atoms with E-state index >= 15 is 0 Å². The molecule has 4 nitrogen and oxygen atoms in total. The molecule has 0 aromatic heterocycles. The molecule has 1 aromatic rings. The van der Waals surface area contributed by atoms with E-state index in [2.05, 4.69) is 0 Å². The number of carboxylic acid groups (broad SMARTS) is 1. The maximum absolute atomic E-state index is 13.1. The molecule has 0 aliphatic heterocycles. The number of carbonyl (C=O) groups is 1. The quantitative estimate of drug-likeness (QED) is 0.884. The van der Waals surface area contributed by atoms with E-state index in [4.69, 9.17) is 10.4 Å². The van der Waals surface area contributed by atoms with E-state index in [1.165, 1.54) is 12.1 Å². The molecule has 0 radical (unpaired) electrons. The Morgan fingerprint density at radius 3 is 2.78 bits per heavy atom. The summed E-state index contributed by atoms with van der Waals surface area (Å²) in [5.74, 6) is -1.75. The highest BCUT2D eigenvalue weighted by atomic mass is 32.2. The largest absolute Gasteiger partial charge is 0.480 e. The monoisotopic (exact) mass is 269 g/mol. The molecule has 0 saturated carbocycles. The first-order valence-electron chi connectivity index (χ1n) is 5.28. The normalized spacial score (nSPS) is 13.6. The van der Waals surface area contributed by atoms with Crippen molar-refractivity contribution in [3.05, 3.63) is 35.1 Å². The van der Waals surface area contributed by atoms with E-state index in [-0.39, 0.29) is 17.7 Å². The summed E-state index contributed by atoms with van der Waals surface area (Å²) in [7, 11) is -1.59. The summed E-state index contributed by atoms with van der Waals surface area (Å²) in [5.41, 5.74) is 0.360. The van der Waals surface area contributed by atoms with Gasteiger partial charge in [0, 0.05) is 16.6 Å². The Kier molecular flexibility index (Phi) is 4.98. The number of aliphatic carboxylic acids is 1. The van der Waals surface area contributed by atoms with Crippen LogP contribution in [0.2, 0.25) is 0 Å². The third kappa shape index (κ3) is 3.37. The summed E-state index contributed by atoms with van der Waals surface area (Å²) in [4.78, 5) is 10.8. The summed E-state index contributed by atoms with van der Waals surface area (Å²) >= 11 is 0. The van der Waals surface area contributed by atoms with Gasteiger partial charge in [0.25, 0.3) is 0 Å². The Morgan fingerprint density at radius 2 is 2.28 bits per heavy atom. The first kappa shape index (κ1) is 14.3. The van der Waals surface area contributed by atoms with Gasteiger partial charge >= 0.3 is 5.97 Å². The topological polar surface area (TPSA) is 78.2 Å². The van der Waals surface area contributed by atoms with Gasteiger partial charge in [0.2, 0.25) is 0 Å². The van der Waals surface area contributed by atoms with Crippen LogP contribution in [0, 0.1) is 17.1 Å². The molecule has 0 bridgehead atoms. The third-order valence-electron chi connectivity index (χ3n) is 2.42. The van der Waals surface area contributed by atoms with Crippen molar-refractivity contribution in [2.75, 3.05) is 0 Å². The molecular weight excluding hydrogens is 257 g/mol. The van der Waals surface area contributed by atoms with Crippen LogP contribution in [0.15, 0.2) is 18.2 Å². The lowest BCUT2D eigenvalue weighted by Crippen LogP contribution is -2.25. The number of halogens is 1. The van der Waals surface area contributed by atoms with Crippen molar-refractivity contribution in [3.8, 4) is 6.07 Å². The lowest BCUT2D eigenvalue weighted by atomic mass is 10.1. The van der Waals surface area contributed by atoms with Crippen LogP contribution < -0.4 is 0 Å². The van der Waals surface area contributed by atoms with Gasteiger partial charge in [0.05, 0.1) is 5.56 Å². The number of hydrogen-bond acceptors (Lipinski definition) is 3. The number of benzene rings is 1. The second-order valence-corrected chi connectivity index (χ2v) is 5.31. The van der Waals surface area contributed by atoms with Gasteiger partial charge in [-0.3, -0.25) is 9.00 Å². The zero-order valence-corrected chi connectivity index (χ0v) is 10.5. The molecule has 6 heteroatoms. The van der Waals surface area contributed by atoms with E-state index in [1.807, 2.05) is 0 Å². The second-order valence-electron chi connectivity index (χ2n) is 3.69. The van der Waals surface area contributed by atoms with Crippen LogP contribution in [0.5, 0.6) is 0 Å². The average molecular weight is 269 g/mol. The number of rotatable bonds is 5. The van der Waals surface area contributed by atoms with E-state index in [9.17, 15) is 13.4 Å². The average Bonchev–Trinajstić information content (AvgIpc) is 2.32. The van der Waals surface area contributed by atoms with E-state index in [1.54, 1.807) is 13.0 Å². The Labute approximate surface area is 107 Å². The minimum absolute atomic E-state index is 0.000231. The lowest BCUT2D eigenvalue weighted by molar-refractivity contribution is -0.136. The zero-order chi connectivity index (χ0) is 13.7. The van der Waals surface area contributed by atoms with Gasteiger partial charge in [-0.05, 0) is 24.1 Å². The molecule has 0 amide bonds. The SMILES string of the molecule is CCC(C(=O)O)S(=O)Cc1ccc(F)c(C#N)c1. The van der Waals surface area contributed by atoms with Gasteiger partial charge in [0.1, 0.15) is 17.1 Å². The zero-order valence-electron chi connectivity index (χ0n) is 9.72. The molecule has 2 unspecified atom stereocenters. The Hall–Kier alpha value is -1.74. The summed E-state index contributed by atoms with van der Waals surface area (Å²) in [6, 6.07) is 5.50. The van der Waals surface area contributed by atoms with E-state index in [0.29, 0.717) is 5.56 Å². The number of nitrogens with zero attached hydrogens (tertiary/aromatic N) is 1. The van der Waals surface area contributed by atoms with Gasteiger partial charge in [-0.2, -0.15) is 5.26 Å². The first-order chi connectivity index (χ1) is 8.49. The predicted octanol–water partition coefficient (Wildman–Crippen LogP) is 1.81. The smallest absolute Gasteiger partial charge is 0.319 e. The first-order valence-corrected chi connectivity index (χ1v) is 6.66. The molecule has 1 aromatic carbocycles. The molecule has 0 aliphatic rings. The van der Waals surface area contributed by atoms with Gasteiger partial charge in [-0.1, -0.05) is 13.0 Å². The maximum Gasteiger partial charge on any atom is 0.319 e. The minimum Gasteiger partial charge on any atom is -0.480 e. The molecule has 18 heavy (non-hydrogen) atoms. The van der Waals surface area contributed by atoms with Crippen molar-refractivity contribution in [2.45, 2.75) is 24.3 Å². The van der Waals surface area contributed by atoms with E-state index in [0.717, 1.165) is 6.07 Å². The van der Waals surface area contributed by atoms with Crippen molar-refractivity contribution in [2.24, 2.45) is 0 Å². The molecule has 0 spiro atoms. The van der Waals surface area contributed by atoms with Crippen molar-refractivity contribution >= 4 is 16.8 Å². The Bertz CT molecular complexity index is 525. The summed E-state index contributed by atoms with van der Waals surface area (Å²) in [5, 5.41) is 16.6. The van der Waals surface area contributed by atoms with Crippen LogP contribution in [-0.4, -0.2) is 20.5 Å². The summed E-state index contributed by atoms with van der Waals surface area (Å²) < 4.78 is 24.9. The molecule has 1 rings (SSSR count). The van der Waals surface area contributed by atoms with Crippen LogP contribution in [-0.2, 0) is 21.3 Å². The second kappa shape index (κ2) is 6.26. The highest BCUT2D eigenvalue weighted by Crippen LogP contribution is 2.14. The van der Waals surface area contributed by atoms with Gasteiger partial charge in [0.15, 0.2) is 0 Å². The van der Waals surface area contributed by atoms with E-state index < -0.39 is 27.8 Å². The fourth-order valence-electron chi connectivity index (χ4n) is 1.49. The fourth-order valence-corrected chi connectivity index (χ4v) is 2.79. The third-order valence-corrected chi connectivity index (χ3v) is 4.21. The van der Waals surface area contributed by atoms with Gasteiger partial charge in [-0.25, -0.2) is 4.39 Å². The molecule has 1 N–H and O–H groups in total. The van der Waals surface area contributed by atoms with Crippen molar-refractivity contribution in [1.82, 2.24) is 0 Å².